The number of amides is 2. The molecule has 29 heavy (non-hydrogen) atoms. The van der Waals surface area contributed by atoms with Gasteiger partial charge in [-0.2, -0.15) is 0 Å². The zero-order valence-electron chi connectivity index (χ0n) is 15.8. The fourth-order valence-electron chi connectivity index (χ4n) is 3.22. The summed E-state index contributed by atoms with van der Waals surface area (Å²) in [6, 6.07) is -0.851. The second-order valence-corrected chi connectivity index (χ2v) is 7.20. The van der Waals surface area contributed by atoms with E-state index in [1.165, 1.54) is 11.0 Å². The van der Waals surface area contributed by atoms with E-state index >= 15 is 0 Å². The molecule has 1 fully saturated rings. The van der Waals surface area contributed by atoms with Crippen LogP contribution in [0.2, 0.25) is 6.32 Å². The van der Waals surface area contributed by atoms with Crippen molar-refractivity contribution < 1.29 is 39.4 Å². The van der Waals surface area contributed by atoms with Gasteiger partial charge in [-0.3, -0.25) is 9.59 Å². The second-order valence-electron chi connectivity index (χ2n) is 7.20. The Morgan fingerprint density at radius 3 is 2.52 bits per heavy atom. The Labute approximate surface area is 167 Å². The third-order valence-corrected chi connectivity index (χ3v) is 4.92. The van der Waals surface area contributed by atoms with Gasteiger partial charge in [0.1, 0.15) is 17.4 Å². The van der Waals surface area contributed by atoms with Gasteiger partial charge in [-0.1, -0.05) is 6.08 Å². The monoisotopic (exact) mass is 411 g/mol. The quantitative estimate of drug-likeness (QED) is 0.211. The number of rotatable bonds is 10. The predicted molar refractivity (Wildman–Crippen MR) is 101 cm³/mol. The average molecular weight is 411 g/mol. The van der Waals surface area contributed by atoms with Crippen LogP contribution in [0.4, 0.5) is 0 Å². The SMILES string of the molecule is NC(=O)CC[C@@H](N)C(=O)N1CC(OC2=C(C(=O)O)C(O)C(CCB(O)O)C=C2)C1. The van der Waals surface area contributed by atoms with Crippen LogP contribution in [-0.4, -0.2) is 81.4 Å². The molecule has 0 spiro atoms. The van der Waals surface area contributed by atoms with E-state index in [-0.39, 0.29) is 55.9 Å². The summed E-state index contributed by atoms with van der Waals surface area (Å²) in [5, 5.41) is 37.7. The van der Waals surface area contributed by atoms with Crippen molar-refractivity contribution in [2.24, 2.45) is 17.4 Å². The van der Waals surface area contributed by atoms with Crippen LogP contribution >= 0.6 is 0 Å². The number of carbonyl (C=O) groups is 3. The molecule has 2 rings (SSSR count). The summed E-state index contributed by atoms with van der Waals surface area (Å²) in [7, 11) is -1.54. The molecule has 1 heterocycles. The highest BCUT2D eigenvalue weighted by molar-refractivity contribution is 6.40. The van der Waals surface area contributed by atoms with E-state index in [2.05, 4.69) is 0 Å². The van der Waals surface area contributed by atoms with Crippen molar-refractivity contribution in [1.82, 2.24) is 4.90 Å². The number of primary amides is 1. The third-order valence-electron chi connectivity index (χ3n) is 4.92. The summed E-state index contributed by atoms with van der Waals surface area (Å²) in [5.74, 6) is -2.81. The highest BCUT2D eigenvalue weighted by Crippen LogP contribution is 2.30. The van der Waals surface area contributed by atoms with Crippen LogP contribution in [0.5, 0.6) is 0 Å². The van der Waals surface area contributed by atoms with Crippen molar-refractivity contribution in [2.45, 2.75) is 43.8 Å². The summed E-state index contributed by atoms with van der Waals surface area (Å²) in [5.41, 5.74) is 10.5. The fourth-order valence-corrected chi connectivity index (χ4v) is 3.22. The van der Waals surface area contributed by atoms with Crippen LogP contribution in [-0.2, 0) is 19.1 Å². The van der Waals surface area contributed by atoms with Crippen molar-refractivity contribution in [3.8, 4) is 0 Å². The molecule has 0 radical (unpaired) electrons. The molecule has 0 bridgehead atoms. The molecule has 160 valence electrons. The summed E-state index contributed by atoms with van der Waals surface area (Å²) in [6.07, 6.45) is 1.52. The first kappa shape index (κ1) is 22.9. The Hall–Kier alpha value is -2.41. The summed E-state index contributed by atoms with van der Waals surface area (Å²) in [6.45, 7) is 0.396. The van der Waals surface area contributed by atoms with E-state index in [0.717, 1.165) is 0 Å². The largest absolute Gasteiger partial charge is 0.486 e. The number of hydrogen-bond donors (Lipinski definition) is 6. The minimum absolute atomic E-state index is 0.000854. The molecule has 11 nitrogen and oxygen atoms in total. The standard InChI is InChI=1S/C17H26BN3O8/c19-11(2-4-13(20)22)16(24)21-7-10(8-21)29-12-3-1-9(5-6-18(27)28)15(23)14(12)17(25)26/h1,3,9-11,15,23,27-28H,2,4-8,19H2,(H2,20,22)(H,25,26)/t9?,11-,15?/m1/s1. The van der Waals surface area contributed by atoms with E-state index in [0.29, 0.717) is 0 Å². The molecule has 3 atom stereocenters. The molecule has 0 aromatic rings. The lowest BCUT2D eigenvalue weighted by Gasteiger charge is -2.41. The number of nitrogens with zero attached hydrogens (tertiary/aromatic N) is 1. The lowest BCUT2D eigenvalue weighted by Crippen LogP contribution is -2.58. The number of aliphatic hydroxyl groups is 1. The van der Waals surface area contributed by atoms with Gasteiger partial charge in [-0.05, 0) is 25.2 Å². The summed E-state index contributed by atoms with van der Waals surface area (Å²) < 4.78 is 5.65. The summed E-state index contributed by atoms with van der Waals surface area (Å²) in [4.78, 5) is 36.0. The number of carbonyl (C=O) groups excluding carboxylic acids is 2. The lowest BCUT2D eigenvalue weighted by atomic mass is 9.77. The Morgan fingerprint density at radius 1 is 1.31 bits per heavy atom. The number of aliphatic hydroxyl groups excluding tert-OH is 1. The number of aliphatic carboxylic acids is 1. The molecule has 8 N–H and O–H groups in total. The second kappa shape index (κ2) is 9.88. The van der Waals surface area contributed by atoms with Gasteiger partial charge < -0.3 is 41.4 Å². The average Bonchev–Trinajstić information content (AvgIpc) is 2.60. The molecule has 0 saturated carbocycles. The number of nitrogens with two attached hydrogens (primary N) is 2. The minimum atomic E-state index is -1.54. The van der Waals surface area contributed by atoms with E-state index in [4.69, 9.17) is 26.3 Å². The highest BCUT2D eigenvalue weighted by atomic mass is 16.5. The van der Waals surface area contributed by atoms with Crippen LogP contribution in [0, 0.1) is 5.92 Å². The molecule has 0 aromatic carbocycles. The van der Waals surface area contributed by atoms with Crippen molar-refractivity contribution in [3.63, 3.8) is 0 Å². The van der Waals surface area contributed by atoms with Crippen molar-refractivity contribution in [2.75, 3.05) is 13.1 Å². The molecule has 1 aliphatic carbocycles. The molecule has 0 aromatic heterocycles. The maximum Gasteiger partial charge on any atom is 0.451 e. The van der Waals surface area contributed by atoms with Crippen LogP contribution in [0.25, 0.3) is 0 Å². The van der Waals surface area contributed by atoms with Gasteiger partial charge in [0.05, 0.1) is 25.2 Å². The zero-order chi connectivity index (χ0) is 21.7. The van der Waals surface area contributed by atoms with Crippen molar-refractivity contribution >= 4 is 24.9 Å². The molecular weight excluding hydrogens is 385 g/mol. The van der Waals surface area contributed by atoms with Crippen LogP contribution in [0.1, 0.15) is 19.3 Å². The lowest BCUT2D eigenvalue weighted by molar-refractivity contribution is -0.144. The van der Waals surface area contributed by atoms with Crippen molar-refractivity contribution in [1.29, 1.82) is 0 Å². The summed E-state index contributed by atoms with van der Waals surface area (Å²) >= 11 is 0. The molecule has 12 heteroatoms. The van der Waals surface area contributed by atoms with Crippen LogP contribution in [0.3, 0.4) is 0 Å². The Morgan fingerprint density at radius 2 is 1.97 bits per heavy atom. The van der Waals surface area contributed by atoms with Crippen LogP contribution < -0.4 is 11.5 Å². The van der Waals surface area contributed by atoms with Gasteiger partial charge in [0.25, 0.3) is 0 Å². The normalized spacial score (nSPS) is 22.8. The molecule has 2 unspecified atom stereocenters. The first-order chi connectivity index (χ1) is 13.6. The van der Waals surface area contributed by atoms with E-state index in [1.54, 1.807) is 6.08 Å². The van der Waals surface area contributed by atoms with Crippen molar-refractivity contribution in [3.05, 3.63) is 23.5 Å². The smallest absolute Gasteiger partial charge is 0.451 e. The zero-order valence-corrected chi connectivity index (χ0v) is 15.8. The third kappa shape index (κ3) is 6.03. The van der Waals surface area contributed by atoms with Gasteiger partial charge in [-0.15, -0.1) is 0 Å². The number of hydrogen-bond acceptors (Lipinski definition) is 8. The molecule has 2 aliphatic rings. The van der Waals surface area contributed by atoms with Gasteiger partial charge in [0, 0.05) is 12.3 Å². The van der Waals surface area contributed by atoms with E-state index in [1.807, 2.05) is 0 Å². The molecular formula is C17H26BN3O8. The number of carboxylic acid groups (broad SMARTS) is 1. The van der Waals surface area contributed by atoms with E-state index in [9.17, 15) is 24.6 Å². The topological polar surface area (TPSA) is 197 Å². The number of ether oxygens (including phenoxy) is 1. The van der Waals surface area contributed by atoms with E-state index < -0.39 is 43.2 Å². The number of carboxylic acids is 1. The van der Waals surface area contributed by atoms with Gasteiger partial charge in [0.2, 0.25) is 11.8 Å². The van der Waals surface area contributed by atoms with Crippen LogP contribution in [0.15, 0.2) is 23.5 Å². The number of allylic oxidation sites excluding steroid dienone is 1. The Balaban J connectivity index is 1.93. The fraction of sp³-hybridized carbons (Fsp3) is 0.588. The first-order valence-corrected chi connectivity index (χ1v) is 9.29. The Bertz CT molecular complexity index is 705. The predicted octanol–water partition coefficient (Wildman–Crippen LogP) is -2.44. The van der Waals surface area contributed by atoms with Gasteiger partial charge in [0.15, 0.2) is 0 Å². The maximum absolute atomic E-state index is 12.2. The Kier molecular flexibility index (Phi) is 7.79. The highest BCUT2D eigenvalue weighted by Gasteiger charge is 2.38. The van der Waals surface area contributed by atoms with Gasteiger partial charge in [-0.25, -0.2) is 4.79 Å². The minimum Gasteiger partial charge on any atom is -0.486 e. The first-order valence-electron chi connectivity index (χ1n) is 9.29. The molecule has 1 aliphatic heterocycles. The number of likely N-dealkylation sites (tertiary alicyclic amines) is 1. The molecule has 1 saturated heterocycles. The van der Waals surface area contributed by atoms with Gasteiger partial charge >= 0.3 is 13.1 Å². The maximum atomic E-state index is 12.2. The molecule has 2 amide bonds.